The molecule has 0 N–H and O–H groups in total. The Bertz CT molecular complexity index is 1190. The van der Waals surface area contributed by atoms with Gasteiger partial charge >= 0.3 is 0 Å². The highest BCUT2D eigenvalue weighted by Crippen LogP contribution is 2.45. The predicted molar refractivity (Wildman–Crippen MR) is 124 cm³/mol. The van der Waals surface area contributed by atoms with E-state index in [0.717, 1.165) is 50.8 Å². The fraction of sp³-hybridized carbons (Fsp3) is 0.148. The summed E-state index contributed by atoms with van der Waals surface area (Å²) in [7, 11) is 0. The third kappa shape index (κ3) is 3.40. The van der Waals surface area contributed by atoms with Crippen molar-refractivity contribution in [3.8, 4) is 16.9 Å². The van der Waals surface area contributed by atoms with E-state index in [1.807, 2.05) is 12.1 Å². The summed E-state index contributed by atoms with van der Waals surface area (Å²) in [5, 5.41) is 0. The number of carbonyl (C=O) groups excluding carboxylic acids is 1. The molecule has 2 nitrogen and oxygen atoms in total. The number of benzene rings is 3. The van der Waals surface area contributed by atoms with Crippen molar-refractivity contribution >= 4 is 17.5 Å². The maximum Gasteiger partial charge on any atom is 0.165 e. The summed E-state index contributed by atoms with van der Waals surface area (Å²) in [4.78, 5) is 15.4. The van der Waals surface area contributed by atoms with Gasteiger partial charge in [0.25, 0.3) is 0 Å². The van der Waals surface area contributed by atoms with Crippen LogP contribution in [-0.2, 0) is 6.42 Å². The lowest BCUT2D eigenvalue weighted by Gasteiger charge is -2.17. The molecule has 3 aromatic carbocycles. The first-order valence-electron chi connectivity index (χ1n) is 10.4. The van der Waals surface area contributed by atoms with E-state index in [2.05, 4.69) is 84.3 Å². The van der Waals surface area contributed by atoms with Gasteiger partial charge in [0.05, 0.1) is 11.3 Å². The molecule has 0 unspecified atom stereocenters. The molecule has 0 saturated carbocycles. The Hall–Kier alpha value is -3.04. The third-order valence-corrected chi connectivity index (χ3v) is 6.73. The van der Waals surface area contributed by atoms with Crippen molar-refractivity contribution in [2.45, 2.75) is 36.0 Å². The number of Topliss-reactive ketones (excluding diaryl/α,β-unsaturated/α-hetero) is 1. The Morgan fingerprint density at radius 1 is 0.800 bits per heavy atom. The molecule has 1 aromatic heterocycles. The van der Waals surface area contributed by atoms with E-state index in [9.17, 15) is 4.79 Å². The lowest BCUT2D eigenvalue weighted by atomic mass is 9.96. The maximum atomic E-state index is 13.2. The molecular formula is C27H23NOS. The van der Waals surface area contributed by atoms with Crippen LogP contribution in [0.4, 0.5) is 0 Å². The summed E-state index contributed by atoms with van der Waals surface area (Å²) in [5.41, 5.74) is 6.66. The molecule has 0 saturated heterocycles. The second-order valence-electron chi connectivity index (χ2n) is 7.73. The highest BCUT2D eigenvalue weighted by molar-refractivity contribution is 7.99. The molecule has 148 valence electrons. The number of hydrogen-bond acceptors (Lipinski definition) is 2. The van der Waals surface area contributed by atoms with Crippen LogP contribution in [0.25, 0.3) is 16.9 Å². The smallest absolute Gasteiger partial charge is 0.165 e. The highest BCUT2D eigenvalue weighted by atomic mass is 32.2. The van der Waals surface area contributed by atoms with E-state index >= 15 is 0 Å². The Balaban J connectivity index is 1.82. The van der Waals surface area contributed by atoms with E-state index in [4.69, 9.17) is 0 Å². The first kappa shape index (κ1) is 19.0. The molecule has 4 aromatic rings. The lowest BCUT2D eigenvalue weighted by Crippen LogP contribution is -2.13. The molecule has 0 spiro atoms. The van der Waals surface area contributed by atoms with Crippen molar-refractivity contribution < 1.29 is 4.79 Å². The van der Waals surface area contributed by atoms with E-state index < -0.39 is 0 Å². The molecule has 0 fully saturated rings. The summed E-state index contributed by atoms with van der Waals surface area (Å²) >= 11 is 1.70. The molecule has 3 heteroatoms. The Kier molecular flexibility index (Phi) is 5.06. The number of hydrogen-bond donors (Lipinski definition) is 0. The molecule has 5 rings (SSSR count). The predicted octanol–water partition coefficient (Wildman–Crippen LogP) is 7.12. The van der Waals surface area contributed by atoms with Gasteiger partial charge < -0.3 is 4.57 Å². The molecular weight excluding hydrogens is 386 g/mol. The van der Waals surface area contributed by atoms with Crippen molar-refractivity contribution in [1.29, 1.82) is 0 Å². The van der Waals surface area contributed by atoms with Crippen molar-refractivity contribution in [3.63, 3.8) is 0 Å². The van der Waals surface area contributed by atoms with E-state index in [1.165, 1.54) is 5.56 Å². The molecule has 0 aliphatic heterocycles. The molecule has 1 aliphatic carbocycles. The number of ketones is 1. The first-order chi connectivity index (χ1) is 14.7. The fourth-order valence-corrected chi connectivity index (χ4v) is 5.37. The zero-order valence-electron chi connectivity index (χ0n) is 17.0. The molecule has 0 radical (unpaired) electrons. The summed E-state index contributed by atoms with van der Waals surface area (Å²) in [6.45, 7) is 2.10. The molecule has 30 heavy (non-hydrogen) atoms. The first-order valence-corrected chi connectivity index (χ1v) is 11.2. The second kappa shape index (κ2) is 8.00. The topological polar surface area (TPSA) is 22.0 Å². The van der Waals surface area contributed by atoms with Crippen LogP contribution in [0.2, 0.25) is 0 Å². The highest BCUT2D eigenvalue weighted by Gasteiger charge is 2.31. The number of fused-ring (bicyclic) bond motifs is 1. The quantitative estimate of drug-likeness (QED) is 0.358. The van der Waals surface area contributed by atoms with Gasteiger partial charge in [-0.2, -0.15) is 0 Å². The summed E-state index contributed by atoms with van der Waals surface area (Å²) in [6, 6.07) is 29.4. The average Bonchev–Trinajstić information content (AvgIpc) is 3.11. The summed E-state index contributed by atoms with van der Waals surface area (Å²) in [6.07, 6.45) is 2.46. The van der Waals surface area contributed by atoms with Crippen molar-refractivity contribution in [2.24, 2.45) is 0 Å². The zero-order chi connectivity index (χ0) is 20.5. The fourth-order valence-electron chi connectivity index (χ4n) is 4.20. The van der Waals surface area contributed by atoms with E-state index in [1.54, 1.807) is 11.8 Å². The molecule has 0 amide bonds. The average molecular weight is 410 g/mol. The molecule has 0 bridgehead atoms. The summed E-state index contributed by atoms with van der Waals surface area (Å²) in [5.74, 6) is 0.262. The molecule has 1 heterocycles. The van der Waals surface area contributed by atoms with E-state index in [-0.39, 0.29) is 5.78 Å². The van der Waals surface area contributed by atoms with Crippen LogP contribution in [0, 0.1) is 6.92 Å². The zero-order valence-corrected chi connectivity index (χ0v) is 17.8. The van der Waals surface area contributed by atoms with Crippen molar-refractivity contribution in [1.82, 2.24) is 4.57 Å². The lowest BCUT2D eigenvalue weighted by molar-refractivity contribution is 0.0969. The van der Waals surface area contributed by atoms with Crippen LogP contribution in [0.5, 0.6) is 0 Å². The van der Waals surface area contributed by atoms with Gasteiger partial charge in [-0.3, -0.25) is 4.79 Å². The van der Waals surface area contributed by atoms with Crippen LogP contribution in [0.1, 0.15) is 34.5 Å². The monoisotopic (exact) mass is 409 g/mol. The number of aromatic nitrogens is 1. The number of aryl methyl sites for hydroxylation is 1. The van der Waals surface area contributed by atoms with Gasteiger partial charge in [0.15, 0.2) is 5.78 Å². The van der Waals surface area contributed by atoms with Crippen LogP contribution < -0.4 is 0 Å². The van der Waals surface area contributed by atoms with Crippen LogP contribution >= 0.6 is 11.8 Å². The standard InChI is InChI=1S/C27H23NOS/c1-19-15-17-21(18-16-19)28-23-13-8-14-24(29)25(23)27(30-22-11-6-3-7-12-22)26(28)20-9-4-2-5-10-20/h2-7,9-12,15-18H,8,13-14H2,1H3. The van der Waals surface area contributed by atoms with Gasteiger partial charge in [0, 0.05) is 27.6 Å². The Morgan fingerprint density at radius 3 is 2.17 bits per heavy atom. The number of nitrogens with zero attached hydrogens (tertiary/aromatic N) is 1. The summed E-state index contributed by atoms with van der Waals surface area (Å²) < 4.78 is 2.33. The molecule has 1 aliphatic rings. The van der Waals surface area contributed by atoms with Gasteiger partial charge in [-0.15, -0.1) is 0 Å². The van der Waals surface area contributed by atoms with E-state index in [0.29, 0.717) is 6.42 Å². The van der Waals surface area contributed by atoms with Crippen LogP contribution in [0.3, 0.4) is 0 Å². The van der Waals surface area contributed by atoms with Gasteiger partial charge in [-0.05, 0) is 49.6 Å². The largest absolute Gasteiger partial charge is 0.312 e. The molecule has 0 atom stereocenters. The van der Waals surface area contributed by atoms with Gasteiger partial charge in [-0.25, -0.2) is 0 Å². The number of rotatable bonds is 4. The van der Waals surface area contributed by atoms with Crippen molar-refractivity contribution in [2.75, 3.05) is 0 Å². The van der Waals surface area contributed by atoms with Gasteiger partial charge in [0.2, 0.25) is 0 Å². The van der Waals surface area contributed by atoms with Gasteiger partial charge in [-0.1, -0.05) is 78.0 Å². The minimum Gasteiger partial charge on any atom is -0.312 e. The Labute approximate surface area is 181 Å². The normalized spacial score (nSPS) is 13.3. The SMILES string of the molecule is Cc1ccc(-n2c3c(c(Sc4ccccc4)c2-c2ccccc2)C(=O)CCC3)cc1. The van der Waals surface area contributed by atoms with Crippen LogP contribution in [-0.4, -0.2) is 10.4 Å². The van der Waals surface area contributed by atoms with Crippen molar-refractivity contribution in [3.05, 3.63) is 102 Å². The third-order valence-electron chi connectivity index (χ3n) is 5.62. The minimum absolute atomic E-state index is 0.262. The van der Waals surface area contributed by atoms with Gasteiger partial charge in [0.1, 0.15) is 0 Å². The number of carbonyl (C=O) groups is 1. The minimum atomic E-state index is 0.262. The van der Waals surface area contributed by atoms with Crippen LogP contribution in [0.15, 0.2) is 94.7 Å². The Morgan fingerprint density at radius 2 is 1.47 bits per heavy atom. The maximum absolute atomic E-state index is 13.2. The second-order valence-corrected chi connectivity index (χ2v) is 8.81.